The Hall–Kier alpha value is -1.51. The van der Waals surface area contributed by atoms with Gasteiger partial charge in [-0.05, 0) is 0 Å². The van der Waals surface area contributed by atoms with Crippen molar-refractivity contribution >= 4 is 0 Å². The van der Waals surface area contributed by atoms with Gasteiger partial charge in [0.15, 0.2) is 0 Å². The number of hydrogen-bond acceptors (Lipinski definition) is 2. The quantitative estimate of drug-likeness (QED) is 0.217. The first-order chi connectivity index (χ1) is 15.3. The minimum atomic E-state index is -1.46. The Morgan fingerprint density at radius 3 is 2.25 bits per heavy atom. The van der Waals surface area contributed by atoms with Crippen LogP contribution in [-0.4, -0.2) is 16.1 Å². The molecule has 1 aliphatic carbocycles. The molecule has 0 radical (unpaired) electrons. The fourth-order valence-electron chi connectivity index (χ4n) is 4.32. The van der Waals surface area contributed by atoms with E-state index in [0.717, 1.165) is 16.4 Å². The standard InChI is InChI=1S/C25H30F4IO2/c1-3-5-15-6-8-16(9-7-15)14-30-19-11-10-17(21(26)22(19)27)12-18-13-20(32-4-2)23(28)24(29)25(18)31/h10-11,13,15-16,31H,3-9,12,14H2,1-2H3/q-1. The van der Waals surface area contributed by atoms with E-state index in [1.807, 2.05) is 0 Å². The van der Waals surface area contributed by atoms with Gasteiger partial charge in [-0.25, -0.2) is 0 Å². The SMILES string of the molecule is CCCC1CCC(C[I-]c2ccc(Cc3cc(OCC)c(F)c(F)c3O)c(F)c2F)CC1. The van der Waals surface area contributed by atoms with E-state index in [9.17, 15) is 22.7 Å². The molecule has 3 rings (SSSR count). The van der Waals surface area contributed by atoms with Crippen LogP contribution in [0.5, 0.6) is 11.5 Å². The number of phenolic OH excluding ortho intramolecular Hbond substituents is 1. The van der Waals surface area contributed by atoms with Crippen LogP contribution in [0.25, 0.3) is 0 Å². The van der Waals surface area contributed by atoms with Crippen LogP contribution in [-0.2, 0) is 6.42 Å². The summed E-state index contributed by atoms with van der Waals surface area (Å²) in [5.74, 6) is -4.48. The van der Waals surface area contributed by atoms with Crippen LogP contribution in [0, 0.1) is 38.7 Å². The Morgan fingerprint density at radius 1 is 0.906 bits per heavy atom. The van der Waals surface area contributed by atoms with Crippen molar-refractivity contribution in [3.05, 3.63) is 56.2 Å². The molecule has 0 amide bonds. The van der Waals surface area contributed by atoms with E-state index in [-0.39, 0.29) is 29.9 Å². The molecule has 0 aliphatic heterocycles. The van der Waals surface area contributed by atoms with Crippen LogP contribution >= 0.6 is 0 Å². The summed E-state index contributed by atoms with van der Waals surface area (Å²) in [6.45, 7) is 3.92. The molecule has 0 heterocycles. The maximum atomic E-state index is 14.8. The molecule has 2 nitrogen and oxygen atoms in total. The first-order valence-corrected chi connectivity index (χ1v) is 13.8. The zero-order valence-electron chi connectivity index (χ0n) is 18.5. The second kappa shape index (κ2) is 11.6. The maximum absolute atomic E-state index is 14.8. The number of aromatic hydroxyl groups is 1. The third-order valence-electron chi connectivity index (χ3n) is 6.12. The minimum absolute atomic E-state index is 0.0147. The van der Waals surface area contributed by atoms with Crippen molar-refractivity contribution in [2.24, 2.45) is 11.8 Å². The molecule has 1 fully saturated rings. The summed E-state index contributed by atoms with van der Waals surface area (Å²) in [6.07, 6.45) is 7.04. The van der Waals surface area contributed by atoms with Gasteiger partial charge < -0.3 is 0 Å². The van der Waals surface area contributed by atoms with Crippen molar-refractivity contribution in [1.29, 1.82) is 0 Å². The topological polar surface area (TPSA) is 29.5 Å². The zero-order chi connectivity index (χ0) is 23.3. The first-order valence-electron chi connectivity index (χ1n) is 11.2. The number of phenols is 1. The van der Waals surface area contributed by atoms with Crippen LogP contribution in [0.15, 0.2) is 18.2 Å². The molecule has 0 spiro atoms. The van der Waals surface area contributed by atoms with Crippen LogP contribution in [0.2, 0.25) is 0 Å². The van der Waals surface area contributed by atoms with Crippen molar-refractivity contribution in [3.8, 4) is 11.5 Å². The van der Waals surface area contributed by atoms with Crippen LogP contribution in [0.4, 0.5) is 17.6 Å². The summed E-state index contributed by atoms with van der Waals surface area (Å²) in [5.41, 5.74) is -0.0731. The number of alkyl halides is 1. The van der Waals surface area contributed by atoms with Crippen LogP contribution in [0.3, 0.4) is 0 Å². The Morgan fingerprint density at radius 2 is 1.59 bits per heavy atom. The fraction of sp³-hybridized carbons (Fsp3) is 0.520. The first kappa shape index (κ1) is 25.1. The van der Waals surface area contributed by atoms with E-state index in [2.05, 4.69) is 6.92 Å². The van der Waals surface area contributed by atoms with Gasteiger partial charge in [-0.2, -0.15) is 0 Å². The molecule has 1 N–H and O–H groups in total. The van der Waals surface area contributed by atoms with Gasteiger partial charge in [0.2, 0.25) is 0 Å². The molecule has 1 aliphatic rings. The number of halogens is 5. The number of ether oxygens (including phenoxy) is 1. The summed E-state index contributed by atoms with van der Waals surface area (Å²) in [4.78, 5) is 0. The van der Waals surface area contributed by atoms with Gasteiger partial charge in [0.05, 0.1) is 0 Å². The van der Waals surface area contributed by atoms with Gasteiger partial charge in [0.25, 0.3) is 0 Å². The van der Waals surface area contributed by atoms with Gasteiger partial charge >= 0.3 is 198 Å². The molecule has 7 heteroatoms. The Kier molecular flexibility index (Phi) is 9.08. The summed E-state index contributed by atoms with van der Waals surface area (Å²) in [7, 11) is 0. The fourth-order valence-corrected chi connectivity index (χ4v) is 7.31. The second-order valence-electron chi connectivity index (χ2n) is 8.42. The predicted octanol–water partition coefficient (Wildman–Crippen LogP) is 3.80. The van der Waals surface area contributed by atoms with Gasteiger partial charge in [0.1, 0.15) is 0 Å². The molecule has 2 aromatic rings. The molecular weight excluding hydrogens is 535 g/mol. The van der Waals surface area contributed by atoms with Gasteiger partial charge in [-0.3, -0.25) is 0 Å². The Labute approximate surface area is 197 Å². The normalized spacial score (nSPS) is 18.8. The summed E-state index contributed by atoms with van der Waals surface area (Å²) in [5, 5.41) is 9.95. The average molecular weight is 565 g/mol. The summed E-state index contributed by atoms with van der Waals surface area (Å²) in [6, 6.07) is 4.21. The molecule has 2 aromatic carbocycles. The molecule has 0 bridgehead atoms. The van der Waals surface area contributed by atoms with Crippen molar-refractivity contribution < 1.29 is 48.6 Å². The molecule has 32 heavy (non-hydrogen) atoms. The zero-order valence-corrected chi connectivity index (χ0v) is 20.7. The summed E-state index contributed by atoms with van der Waals surface area (Å²) < 4.78 is 63.8. The summed E-state index contributed by atoms with van der Waals surface area (Å²) >= 11 is -0.654. The number of benzene rings is 2. The van der Waals surface area contributed by atoms with E-state index < -0.39 is 50.2 Å². The third kappa shape index (κ3) is 5.88. The van der Waals surface area contributed by atoms with E-state index in [1.54, 1.807) is 13.0 Å². The van der Waals surface area contributed by atoms with E-state index >= 15 is 0 Å². The third-order valence-corrected chi connectivity index (χ3v) is 9.47. The molecule has 0 atom stereocenters. The van der Waals surface area contributed by atoms with Crippen molar-refractivity contribution in [1.82, 2.24) is 0 Å². The molecule has 0 aromatic heterocycles. The average Bonchev–Trinajstić information content (AvgIpc) is 2.79. The molecule has 178 valence electrons. The molecule has 1 saturated carbocycles. The van der Waals surface area contributed by atoms with Crippen LogP contribution < -0.4 is 25.9 Å². The Balaban J connectivity index is 1.69. The van der Waals surface area contributed by atoms with E-state index in [4.69, 9.17) is 4.74 Å². The van der Waals surface area contributed by atoms with Crippen molar-refractivity contribution in [2.45, 2.75) is 58.8 Å². The van der Waals surface area contributed by atoms with E-state index in [1.165, 1.54) is 44.6 Å². The number of rotatable bonds is 9. The molecule has 0 saturated heterocycles. The van der Waals surface area contributed by atoms with Gasteiger partial charge in [-0.1, -0.05) is 0 Å². The number of hydrogen-bond donors (Lipinski definition) is 1. The van der Waals surface area contributed by atoms with Gasteiger partial charge in [-0.15, -0.1) is 0 Å². The Bertz CT molecular complexity index is 927. The monoisotopic (exact) mass is 565 g/mol. The van der Waals surface area contributed by atoms with Crippen molar-refractivity contribution in [3.63, 3.8) is 0 Å². The molecule has 0 unspecified atom stereocenters. The predicted molar refractivity (Wildman–Crippen MR) is 112 cm³/mol. The van der Waals surface area contributed by atoms with Crippen LogP contribution in [0.1, 0.15) is 63.5 Å². The second-order valence-corrected chi connectivity index (χ2v) is 11.2. The van der Waals surface area contributed by atoms with Gasteiger partial charge in [0, 0.05) is 0 Å². The van der Waals surface area contributed by atoms with E-state index in [0.29, 0.717) is 9.49 Å². The van der Waals surface area contributed by atoms with Crippen molar-refractivity contribution in [2.75, 3.05) is 11.0 Å². The molecular formula is C25H30F4IO2-.